The van der Waals surface area contributed by atoms with Gasteiger partial charge in [-0.25, -0.2) is 18.4 Å². The van der Waals surface area contributed by atoms with Crippen LogP contribution in [0.25, 0.3) is 0 Å². The number of nitrogens with two attached hydrogens (primary N) is 1. The molecule has 0 saturated carbocycles. The molecule has 0 spiro atoms. The van der Waals surface area contributed by atoms with Crippen LogP contribution in [0, 0.1) is 5.92 Å². The van der Waals surface area contributed by atoms with Crippen LogP contribution in [0.5, 0.6) is 17.2 Å². The van der Waals surface area contributed by atoms with Crippen molar-refractivity contribution in [2.75, 3.05) is 18.0 Å². The number of phenolic OH excluding ortho intramolecular Hbond substituents is 1. The van der Waals surface area contributed by atoms with Gasteiger partial charge in [0.05, 0.1) is 11.3 Å². The highest BCUT2D eigenvalue weighted by atomic mass is 32.2. The van der Waals surface area contributed by atoms with Crippen LogP contribution in [0.1, 0.15) is 23.7 Å². The van der Waals surface area contributed by atoms with Crippen molar-refractivity contribution in [2.24, 2.45) is 11.1 Å². The quantitative estimate of drug-likeness (QED) is 0.712. The first-order valence-corrected chi connectivity index (χ1v) is 9.86. The molecule has 2 aromatic rings. The molecule has 1 saturated heterocycles. The van der Waals surface area contributed by atoms with Crippen molar-refractivity contribution in [3.8, 4) is 17.2 Å². The molecule has 0 aliphatic carbocycles. The van der Waals surface area contributed by atoms with Gasteiger partial charge in [-0.3, -0.25) is 0 Å². The Labute approximate surface area is 156 Å². The predicted octanol–water partition coefficient (Wildman–Crippen LogP) is 2.38. The second-order valence-electron chi connectivity index (χ2n) is 6.61. The van der Waals surface area contributed by atoms with Gasteiger partial charge in [0.1, 0.15) is 16.4 Å². The summed E-state index contributed by atoms with van der Waals surface area (Å²) in [4.78, 5) is 13.0. The van der Waals surface area contributed by atoms with Crippen molar-refractivity contribution >= 4 is 21.7 Å². The number of nitrogens with zero attached hydrogens (tertiary/aromatic N) is 1. The van der Waals surface area contributed by atoms with Gasteiger partial charge >= 0.3 is 5.97 Å². The molecule has 9 heteroatoms. The van der Waals surface area contributed by atoms with Crippen LogP contribution >= 0.6 is 0 Å². The van der Waals surface area contributed by atoms with Gasteiger partial charge in [0.2, 0.25) is 10.0 Å². The first kappa shape index (κ1) is 19.0. The Kier molecular flexibility index (Phi) is 4.99. The second-order valence-corrected chi connectivity index (χ2v) is 8.14. The van der Waals surface area contributed by atoms with E-state index in [4.69, 9.17) is 9.88 Å². The average molecular weight is 392 g/mol. The summed E-state index contributed by atoms with van der Waals surface area (Å²) in [6, 6.07) is 8.14. The third-order valence-electron chi connectivity index (χ3n) is 4.41. The molecule has 0 radical (unpaired) electrons. The maximum Gasteiger partial charge on any atom is 0.335 e. The normalized spacial score (nSPS) is 17.1. The van der Waals surface area contributed by atoms with Gasteiger partial charge in [-0.1, -0.05) is 6.92 Å². The van der Waals surface area contributed by atoms with Gasteiger partial charge in [-0.2, -0.15) is 0 Å². The van der Waals surface area contributed by atoms with Gasteiger partial charge in [0.25, 0.3) is 0 Å². The number of hydrogen-bond acceptors (Lipinski definition) is 6. The molecular formula is C18H20N2O6S. The summed E-state index contributed by atoms with van der Waals surface area (Å²) >= 11 is 0. The lowest BCUT2D eigenvalue weighted by Crippen LogP contribution is -2.22. The number of carbonyl (C=O) groups is 1. The van der Waals surface area contributed by atoms with Crippen molar-refractivity contribution in [2.45, 2.75) is 18.2 Å². The van der Waals surface area contributed by atoms with Crippen molar-refractivity contribution in [3.63, 3.8) is 0 Å². The monoisotopic (exact) mass is 392 g/mol. The van der Waals surface area contributed by atoms with E-state index in [1.165, 1.54) is 30.3 Å². The number of anilines is 1. The van der Waals surface area contributed by atoms with E-state index in [9.17, 15) is 23.4 Å². The zero-order valence-corrected chi connectivity index (χ0v) is 15.4. The standard InChI is InChI=1S/C18H20N2O6S/c1-11-6-7-20(10-11)15-8-12(18(22)23)9-16(27(19,24)25)17(15)26-14-4-2-13(21)3-5-14/h2-5,8-9,11,21H,6-7,10H2,1H3,(H,22,23)(H2,19,24,25). The average Bonchev–Trinajstić information content (AvgIpc) is 3.02. The largest absolute Gasteiger partial charge is 0.508 e. The molecule has 1 fully saturated rings. The molecule has 27 heavy (non-hydrogen) atoms. The number of aromatic carboxylic acids is 1. The van der Waals surface area contributed by atoms with Crippen molar-refractivity contribution in [1.29, 1.82) is 0 Å². The van der Waals surface area contributed by atoms with Crippen LogP contribution in [0.3, 0.4) is 0 Å². The number of benzene rings is 2. The van der Waals surface area contributed by atoms with E-state index in [2.05, 4.69) is 6.92 Å². The van der Waals surface area contributed by atoms with Crippen molar-refractivity contribution in [3.05, 3.63) is 42.0 Å². The molecule has 0 aromatic heterocycles. The summed E-state index contributed by atoms with van der Waals surface area (Å²) in [5.74, 6) is -0.595. The minimum absolute atomic E-state index is 0.0257. The molecule has 3 rings (SSSR count). The van der Waals surface area contributed by atoms with Crippen molar-refractivity contribution < 1.29 is 28.2 Å². The van der Waals surface area contributed by atoms with Gasteiger partial charge < -0.3 is 19.8 Å². The van der Waals surface area contributed by atoms with Gasteiger partial charge in [0, 0.05) is 13.1 Å². The van der Waals surface area contributed by atoms with Gasteiger partial charge in [-0.05, 0) is 48.7 Å². The maximum atomic E-state index is 12.2. The van der Waals surface area contributed by atoms with Crippen LogP contribution in [0.15, 0.2) is 41.3 Å². The summed E-state index contributed by atoms with van der Waals surface area (Å²) in [6.45, 7) is 3.33. The molecule has 4 N–H and O–H groups in total. The maximum absolute atomic E-state index is 12.2. The van der Waals surface area contributed by atoms with Crippen LogP contribution < -0.4 is 14.8 Å². The van der Waals surface area contributed by atoms with E-state index < -0.39 is 20.9 Å². The summed E-state index contributed by atoms with van der Waals surface area (Å²) < 4.78 is 30.1. The Morgan fingerprint density at radius 3 is 2.44 bits per heavy atom. The molecule has 2 aromatic carbocycles. The SMILES string of the molecule is CC1CCN(c2cc(C(=O)O)cc(S(N)(=O)=O)c2Oc2ccc(O)cc2)C1. The van der Waals surface area contributed by atoms with E-state index in [0.717, 1.165) is 12.5 Å². The molecule has 144 valence electrons. The summed E-state index contributed by atoms with van der Waals surface area (Å²) in [6.07, 6.45) is 0.890. The van der Waals surface area contributed by atoms with Gasteiger partial charge in [0.15, 0.2) is 5.75 Å². The minimum Gasteiger partial charge on any atom is -0.508 e. The molecule has 1 atom stereocenters. The molecule has 0 bridgehead atoms. The fourth-order valence-corrected chi connectivity index (χ4v) is 3.74. The first-order valence-electron chi connectivity index (χ1n) is 8.31. The number of ether oxygens (including phenoxy) is 1. The summed E-state index contributed by atoms with van der Waals surface area (Å²) in [5, 5.41) is 24.1. The Bertz CT molecular complexity index is 972. The summed E-state index contributed by atoms with van der Waals surface area (Å²) in [7, 11) is -4.25. The highest BCUT2D eigenvalue weighted by Gasteiger charge is 2.29. The van der Waals surface area contributed by atoms with Crippen LogP contribution in [0.4, 0.5) is 5.69 Å². The number of carboxylic acid groups (broad SMARTS) is 1. The zero-order valence-electron chi connectivity index (χ0n) is 14.6. The number of hydrogen-bond donors (Lipinski definition) is 3. The Balaban J connectivity index is 2.19. The highest BCUT2D eigenvalue weighted by molar-refractivity contribution is 7.89. The predicted molar refractivity (Wildman–Crippen MR) is 98.9 cm³/mol. The number of phenols is 1. The van der Waals surface area contributed by atoms with E-state index in [1.807, 2.05) is 4.90 Å². The Hall–Kier alpha value is -2.78. The molecule has 1 unspecified atom stereocenters. The third-order valence-corrected chi connectivity index (χ3v) is 5.33. The van der Waals surface area contributed by atoms with Crippen LogP contribution in [0.2, 0.25) is 0 Å². The van der Waals surface area contributed by atoms with Crippen LogP contribution in [-0.2, 0) is 10.0 Å². The summed E-state index contributed by atoms with van der Waals surface area (Å²) in [5.41, 5.74) is 0.169. The van der Waals surface area contributed by atoms with E-state index in [-0.39, 0.29) is 22.8 Å². The van der Waals surface area contributed by atoms with E-state index >= 15 is 0 Å². The lowest BCUT2D eigenvalue weighted by atomic mass is 10.1. The lowest BCUT2D eigenvalue weighted by Gasteiger charge is -2.24. The molecule has 1 aliphatic heterocycles. The molecule has 8 nitrogen and oxygen atoms in total. The fourth-order valence-electron chi connectivity index (χ4n) is 3.05. The second kappa shape index (κ2) is 7.09. The number of rotatable bonds is 5. The highest BCUT2D eigenvalue weighted by Crippen LogP contribution is 2.41. The van der Waals surface area contributed by atoms with E-state index in [0.29, 0.717) is 24.7 Å². The molecular weight excluding hydrogens is 372 g/mol. The van der Waals surface area contributed by atoms with E-state index in [1.54, 1.807) is 0 Å². The zero-order chi connectivity index (χ0) is 19.8. The minimum atomic E-state index is -4.25. The van der Waals surface area contributed by atoms with Crippen molar-refractivity contribution in [1.82, 2.24) is 0 Å². The topological polar surface area (TPSA) is 130 Å². The lowest BCUT2D eigenvalue weighted by molar-refractivity contribution is 0.0696. The number of sulfonamides is 1. The fraction of sp³-hybridized carbons (Fsp3) is 0.278. The number of carboxylic acids is 1. The smallest absolute Gasteiger partial charge is 0.335 e. The molecule has 1 aliphatic rings. The Morgan fingerprint density at radius 2 is 1.93 bits per heavy atom. The van der Waals surface area contributed by atoms with Crippen LogP contribution in [-0.4, -0.2) is 37.7 Å². The third kappa shape index (κ3) is 4.15. The van der Waals surface area contributed by atoms with Gasteiger partial charge in [-0.15, -0.1) is 0 Å². The Morgan fingerprint density at radius 1 is 1.26 bits per heavy atom. The number of primary sulfonamides is 1. The molecule has 1 heterocycles. The number of aromatic hydroxyl groups is 1. The first-order chi connectivity index (χ1) is 12.6. The molecule has 0 amide bonds.